The van der Waals surface area contributed by atoms with Crippen LogP contribution in [0, 0.1) is 28.6 Å². The Hall–Kier alpha value is -1.51. The number of alkyl halides is 3. The minimum atomic E-state index is -4.39. The smallest absolute Gasteiger partial charge is 0.268 e. The van der Waals surface area contributed by atoms with Gasteiger partial charge >= 0.3 is 6.18 Å². The average Bonchev–Trinajstić information content (AvgIpc) is 2.86. The lowest BCUT2D eigenvalue weighted by molar-refractivity contribution is -0.137. The summed E-state index contributed by atoms with van der Waals surface area (Å²) < 4.78 is 39.4. The van der Waals surface area contributed by atoms with Crippen molar-refractivity contribution in [3.05, 3.63) is 18.0 Å². The van der Waals surface area contributed by atoms with Gasteiger partial charge in [-0.05, 0) is 30.6 Å². The quantitative estimate of drug-likeness (QED) is 0.769. The van der Waals surface area contributed by atoms with Gasteiger partial charge in [0.05, 0.1) is 29.8 Å². The van der Waals surface area contributed by atoms with E-state index in [1.54, 1.807) is 0 Å². The van der Waals surface area contributed by atoms with Gasteiger partial charge in [-0.15, -0.1) is 0 Å². The molecule has 0 aromatic carbocycles. The van der Waals surface area contributed by atoms with Gasteiger partial charge in [-0.1, -0.05) is 20.8 Å². The van der Waals surface area contributed by atoms with E-state index in [1.165, 1.54) is 4.68 Å². The SMILES string of the molecule is CC(C)(C)C1CCC(C#N)C(n2cc(C(F)(F)F)cn2)C1. The molecule has 3 unspecified atom stereocenters. The van der Waals surface area contributed by atoms with Gasteiger partial charge < -0.3 is 0 Å². The maximum atomic E-state index is 12.7. The Balaban J connectivity index is 2.26. The Morgan fingerprint density at radius 2 is 1.95 bits per heavy atom. The van der Waals surface area contributed by atoms with Crippen molar-refractivity contribution in [3.63, 3.8) is 0 Å². The lowest BCUT2D eigenvalue weighted by Crippen LogP contribution is -2.33. The molecule has 1 heterocycles. The summed E-state index contributed by atoms with van der Waals surface area (Å²) >= 11 is 0. The van der Waals surface area contributed by atoms with Crippen LogP contribution >= 0.6 is 0 Å². The van der Waals surface area contributed by atoms with Crippen molar-refractivity contribution in [2.45, 2.75) is 52.3 Å². The van der Waals surface area contributed by atoms with Crippen LogP contribution in [0.15, 0.2) is 12.4 Å². The molecule has 0 aliphatic heterocycles. The molecule has 0 spiro atoms. The number of nitrogens with zero attached hydrogens (tertiary/aromatic N) is 3. The summed E-state index contributed by atoms with van der Waals surface area (Å²) in [6, 6.07) is 1.96. The fourth-order valence-electron chi connectivity index (χ4n) is 3.04. The zero-order valence-corrected chi connectivity index (χ0v) is 12.5. The molecule has 0 radical (unpaired) electrons. The van der Waals surface area contributed by atoms with E-state index in [0.717, 1.165) is 18.8 Å². The summed E-state index contributed by atoms with van der Waals surface area (Å²) in [6.45, 7) is 6.39. The molecule has 6 heteroatoms. The number of nitriles is 1. The van der Waals surface area contributed by atoms with Gasteiger partial charge in [-0.2, -0.15) is 23.5 Å². The van der Waals surface area contributed by atoms with Crippen molar-refractivity contribution >= 4 is 0 Å². The molecule has 0 N–H and O–H groups in total. The van der Waals surface area contributed by atoms with Gasteiger partial charge in [0, 0.05) is 6.20 Å². The second-order valence-electron chi connectivity index (χ2n) is 6.89. The average molecular weight is 299 g/mol. The van der Waals surface area contributed by atoms with E-state index in [0.29, 0.717) is 18.8 Å². The number of aromatic nitrogens is 2. The van der Waals surface area contributed by atoms with Gasteiger partial charge in [0.15, 0.2) is 0 Å². The highest BCUT2D eigenvalue weighted by molar-refractivity contribution is 5.10. The predicted molar refractivity (Wildman–Crippen MR) is 72.2 cm³/mol. The molecule has 1 aromatic rings. The number of rotatable bonds is 1. The molecular weight excluding hydrogens is 279 g/mol. The van der Waals surface area contributed by atoms with Gasteiger partial charge in [-0.25, -0.2) is 0 Å². The molecule has 21 heavy (non-hydrogen) atoms. The summed E-state index contributed by atoms with van der Waals surface area (Å²) in [5.41, 5.74) is -0.671. The highest BCUT2D eigenvalue weighted by Crippen LogP contribution is 2.44. The Bertz CT molecular complexity index is 534. The molecule has 2 rings (SSSR count). The fraction of sp³-hybridized carbons (Fsp3) is 0.733. The van der Waals surface area contributed by atoms with Gasteiger partial charge in [0.1, 0.15) is 0 Å². The molecule has 0 saturated heterocycles. The summed E-state index contributed by atoms with van der Waals surface area (Å²) in [4.78, 5) is 0. The Morgan fingerprint density at radius 1 is 1.29 bits per heavy atom. The second kappa shape index (κ2) is 5.36. The largest absolute Gasteiger partial charge is 0.419 e. The Labute approximate surface area is 122 Å². The predicted octanol–water partition coefficient (Wildman–Crippen LogP) is 4.43. The first-order valence-electron chi connectivity index (χ1n) is 7.14. The monoisotopic (exact) mass is 299 g/mol. The molecule has 1 saturated carbocycles. The van der Waals surface area contributed by atoms with Crippen LogP contribution in [-0.2, 0) is 6.18 Å². The van der Waals surface area contributed by atoms with Crippen molar-refractivity contribution in [3.8, 4) is 6.07 Å². The van der Waals surface area contributed by atoms with Crippen molar-refractivity contribution in [1.29, 1.82) is 5.26 Å². The van der Waals surface area contributed by atoms with Gasteiger partial charge in [-0.3, -0.25) is 4.68 Å². The van der Waals surface area contributed by atoms with Crippen LogP contribution in [0.1, 0.15) is 51.6 Å². The van der Waals surface area contributed by atoms with Crippen molar-refractivity contribution in [2.24, 2.45) is 17.3 Å². The van der Waals surface area contributed by atoms with Crippen LogP contribution in [0.25, 0.3) is 0 Å². The van der Waals surface area contributed by atoms with Crippen molar-refractivity contribution < 1.29 is 13.2 Å². The number of hydrogen-bond acceptors (Lipinski definition) is 2. The van der Waals surface area contributed by atoms with Crippen LogP contribution in [-0.4, -0.2) is 9.78 Å². The molecule has 0 amide bonds. The van der Waals surface area contributed by atoms with E-state index in [2.05, 4.69) is 31.9 Å². The highest BCUT2D eigenvalue weighted by atomic mass is 19.4. The Morgan fingerprint density at radius 3 is 2.43 bits per heavy atom. The van der Waals surface area contributed by atoms with E-state index < -0.39 is 11.7 Å². The summed E-state index contributed by atoms with van der Waals surface area (Å²) in [7, 11) is 0. The summed E-state index contributed by atoms with van der Waals surface area (Å²) in [5, 5.41) is 13.1. The van der Waals surface area contributed by atoms with Crippen LogP contribution in [0.4, 0.5) is 13.2 Å². The Kier molecular flexibility index (Phi) is 4.05. The lowest BCUT2D eigenvalue weighted by Gasteiger charge is -2.39. The van der Waals surface area contributed by atoms with E-state index >= 15 is 0 Å². The van der Waals surface area contributed by atoms with Crippen molar-refractivity contribution in [1.82, 2.24) is 9.78 Å². The molecule has 1 fully saturated rings. The molecular formula is C15H20F3N3. The van der Waals surface area contributed by atoms with E-state index in [9.17, 15) is 18.4 Å². The first-order chi connectivity index (χ1) is 9.63. The van der Waals surface area contributed by atoms with Crippen LogP contribution in [0.3, 0.4) is 0 Å². The van der Waals surface area contributed by atoms with E-state index in [1.807, 2.05) is 0 Å². The third kappa shape index (κ3) is 3.39. The molecule has 116 valence electrons. The minimum absolute atomic E-state index is 0.0820. The summed E-state index contributed by atoms with van der Waals surface area (Å²) in [6.07, 6.45) is -0.176. The number of halogens is 3. The minimum Gasteiger partial charge on any atom is -0.268 e. The van der Waals surface area contributed by atoms with E-state index in [-0.39, 0.29) is 17.4 Å². The molecule has 3 nitrogen and oxygen atoms in total. The van der Waals surface area contributed by atoms with Gasteiger partial charge in [0.25, 0.3) is 0 Å². The first kappa shape index (κ1) is 15.9. The number of hydrogen-bond donors (Lipinski definition) is 0. The molecule has 3 atom stereocenters. The van der Waals surface area contributed by atoms with Crippen LogP contribution in [0.5, 0.6) is 0 Å². The standard InChI is InChI=1S/C15H20F3N3/c1-14(2,3)11-5-4-10(7-19)13(6-11)21-9-12(8-20-21)15(16,17)18/h8-11,13H,4-6H2,1-3H3. The zero-order valence-electron chi connectivity index (χ0n) is 12.5. The molecule has 1 aliphatic carbocycles. The molecule has 1 aromatic heterocycles. The molecule has 1 aliphatic rings. The normalized spacial score (nSPS) is 27.4. The topological polar surface area (TPSA) is 41.6 Å². The highest BCUT2D eigenvalue weighted by Gasteiger charge is 2.39. The van der Waals surface area contributed by atoms with Crippen LogP contribution < -0.4 is 0 Å². The lowest BCUT2D eigenvalue weighted by atomic mass is 9.68. The van der Waals surface area contributed by atoms with Gasteiger partial charge in [0.2, 0.25) is 0 Å². The van der Waals surface area contributed by atoms with E-state index in [4.69, 9.17) is 0 Å². The maximum absolute atomic E-state index is 12.7. The van der Waals surface area contributed by atoms with Crippen LogP contribution in [0.2, 0.25) is 0 Å². The fourth-order valence-corrected chi connectivity index (χ4v) is 3.04. The molecule has 0 bridgehead atoms. The third-order valence-electron chi connectivity index (χ3n) is 4.48. The van der Waals surface area contributed by atoms with Crippen molar-refractivity contribution in [2.75, 3.05) is 0 Å². The third-order valence-corrected chi connectivity index (χ3v) is 4.48. The summed E-state index contributed by atoms with van der Waals surface area (Å²) in [5.74, 6) is 0.107. The first-order valence-corrected chi connectivity index (χ1v) is 7.14. The maximum Gasteiger partial charge on any atom is 0.419 e. The second-order valence-corrected chi connectivity index (χ2v) is 6.89. The zero-order chi connectivity index (χ0) is 15.8.